The number of aromatic nitrogens is 3. The predicted molar refractivity (Wildman–Crippen MR) is 141 cm³/mol. The molecule has 3 N–H and O–H groups in total. The molecule has 1 fully saturated rings. The Balaban J connectivity index is 1.57. The monoisotopic (exact) mass is 521 g/mol. The second-order valence-corrected chi connectivity index (χ2v) is 10.6. The number of aryl methyl sites for hydroxylation is 1. The minimum Gasteiger partial charge on any atom is -0.480 e. The van der Waals surface area contributed by atoms with Gasteiger partial charge in [-0.05, 0) is 55.7 Å². The number of fused-ring (bicyclic) bond motifs is 1. The van der Waals surface area contributed by atoms with E-state index in [-0.39, 0.29) is 28.3 Å². The van der Waals surface area contributed by atoms with Gasteiger partial charge in [-0.1, -0.05) is 23.8 Å². The molecule has 2 aromatic carbocycles. The van der Waals surface area contributed by atoms with Gasteiger partial charge in [0, 0.05) is 36.7 Å². The Morgan fingerprint density at radius 2 is 1.81 bits per heavy atom. The van der Waals surface area contributed by atoms with Crippen LogP contribution in [0.15, 0.2) is 64.4 Å². The van der Waals surface area contributed by atoms with Crippen LogP contribution in [0.3, 0.4) is 0 Å². The van der Waals surface area contributed by atoms with Crippen molar-refractivity contribution in [1.82, 2.24) is 14.5 Å². The lowest BCUT2D eigenvalue weighted by molar-refractivity contribution is 0.0692. The number of rotatable bonds is 6. The van der Waals surface area contributed by atoms with Gasteiger partial charge in [-0.15, -0.1) is 0 Å². The zero-order valence-corrected chi connectivity index (χ0v) is 21.3. The van der Waals surface area contributed by atoms with E-state index in [0.29, 0.717) is 53.8 Å². The molecule has 37 heavy (non-hydrogen) atoms. The van der Waals surface area contributed by atoms with Crippen molar-refractivity contribution < 1.29 is 17.9 Å². The van der Waals surface area contributed by atoms with Gasteiger partial charge >= 0.3 is 0 Å². The molecule has 0 unspecified atom stereocenters. The maximum absolute atomic E-state index is 13.4. The first kappa shape index (κ1) is 24.7. The molecule has 0 amide bonds. The number of nitrogens with two attached hydrogens (primary N) is 1. The number of ether oxygens (including phenoxy) is 2. The van der Waals surface area contributed by atoms with Crippen LogP contribution in [0.1, 0.15) is 24.4 Å². The Morgan fingerprint density at radius 1 is 1.08 bits per heavy atom. The van der Waals surface area contributed by atoms with Crippen LogP contribution in [0.4, 0.5) is 11.6 Å². The van der Waals surface area contributed by atoms with E-state index < -0.39 is 10.0 Å². The number of hydrogen-bond donors (Lipinski definition) is 2. The first-order valence-electron chi connectivity index (χ1n) is 11.8. The van der Waals surface area contributed by atoms with Crippen LogP contribution in [0, 0.1) is 6.92 Å². The third-order valence-electron chi connectivity index (χ3n) is 6.42. The fourth-order valence-corrected chi connectivity index (χ4v) is 5.66. The molecule has 0 atom stereocenters. The highest BCUT2D eigenvalue weighted by Crippen LogP contribution is 2.31. The Labute approximate surface area is 214 Å². The van der Waals surface area contributed by atoms with Crippen molar-refractivity contribution in [2.45, 2.75) is 30.7 Å². The van der Waals surface area contributed by atoms with Crippen LogP contribution in [-0.4, -0.2) is 43.3 Å². The van der Waals surface area contributed by atoms with Crippen LogP contribution >= 0.6 is 0 Å². The van der Waals surface area contributed by atoms with Gasteiger partial charge in [-0.25, -0.2) is 18.4 Å². The molecule has 0 bridgehead atoms. The summed E-state index contributed by atoms with van der Waals surface area (Å²) in [5.74, 6) is 0.124. The van der Waals surface area contributed by atoms with Crippen LogP contribution in [0.25, 0.3) is 22.0 Å². The summed E-state index contributed by atoms with van der Waals surface area (Å²) >= 11 is 0. The summed E-state index contributed by atoms with van der Waals surface area (Å²) in [6.07, 6.45) is 2.86. The maximum atomic E-state index is 13.4. The zero-order chi connectivity index (χ0) is 26.2. The summed E-state index contributed by atoms with van der Waals surface area (Å²) < 4.78 is 41.3. The minimum atomic E-state index is -4.02. The van der Waals surface area contributed by atoms with Crippen molar-refractivity contribution in [1.29, 1.82) is 0 Å². The van der Waals surface area contributed by atoms with Gasteiger partial charge in [-0.3, -0.25) is 14.1 Å². The zero-order valence-electron chi connectivity index (χ0n) is 20.5. The van der Waals surface area contributed by atoms with Crippen LogP contribution in [0.5, 0.6) is 5.88 Å². The summed E-state index contributed by atoms with van der Waals surface area (Å²) in [4.78, 5) is 22.0. The fourth-order valence-electron chi connectivity index (χ4n) is 4.46. The number of anilines is 2. The quantitative estimate of drug-likeness (QED) is 0.393. The molecule has 1 aliphatic rings. The van der Waals surface area contributed by atoms with E-state index in [9.17, 15) is 13.2 Å². The van der Waals surface area contributed by atoms with E-state index in [4.69, 9.17) is 15.2 Å². The number of methoxy groups -OCH3 is 1. The normalized spacial score (nSPS) is 14.5. The van der Waals surface area contributed by atoms with Crippen molar-refractivity contribution in [2.75, 3.05) is 30.8 Å². The molecule has 11 heteroatoms. The molecule has 5 rings (SSSR count). The maximum Gasteiger partial charge on any atom is 0.267 e. The highest BCUT2D eigenvalue weighted by atomic mass is 32.2. The molecule has 1 saturated heterocycles. The van der Waals surface area contributed by atoms with Gasteiger partial charge in [0.15, 0.2) is 0 Å². The number of hydrogen-bond acceptors (Lipinski definition) is 8. The lowest BCUT2D eigenvalue weighted by Crippen LogP contribution is -2.31. The van der Waals surface area contributed by atoms with Crippen molar-refractivity contribution in [2.24, 2.45) is 0 Å². The number of benzene rings is 2. The number of nitrogens with one attached hydrogen (secondary N) is 1. The van der Waals surface area contributed by atoms with Crippen LogP contribution in [-0.2, 0) is 14.8 Å². The molecule has 3 heterocycles. The third kappa shape index (κ3) is 4.87. The summed E-state index contributed by atoms with van der Waals surface area (Å²) in [7, 11) is -2.66. The highest BCUT2D eigenvalue weighted by molar-refractivity contribution is 7.92. The number of pyridine rings is 1. The Morgan fingerprint density at radius 3 is 2.51 bits per heavy atom. The Kier molecular flexibility index (Phi) is 6.57. The van der Waals surface area contributed by atoms with E-state index >= 15 is 0 Å². The molecule has 1 aliphatic heterocycles. The summed E-state index contributed by atoms with van der Waals surface area (Å²) in [5, 5.41) is 0.385. The van der Waals surface area contributed by atoms with Gasteiger partial charge in [0.1, 0.15) is 4.90 Å². The van der Waals surface area contributed by atoms with Crippen molar-refractivity contribution >= 4 is 32.6 Å². The number of nitrogens with zero attached hydrogens (tertiary/aromatic N) is 3. The second kappa shape index (κ2) is 9.83. The molecule has 10 nitrogen and oxygen atoms in total. The van der Waals surface area contributed by atoms with E-state index in [1.807, 2.05) is 19.1 Å². The lowest BCUT2D eigenvalue weighted by Gasteiger charge is -2.25. The largest absolute Gasteiger partial charge is 0.480 e. The minimum absolute atomic E-state index is 0.0412. The van der Waals surface area contributed by atoms with Crippen molar-refractivity contribution in [3.05, 3.63) is 70.6 Å². The van der Waals surface area contributed by atoms with Crippen molar-refractivity contribution in [3.8, 4) is 17.0 Å². The molecule has 0 radical (unpaired) electrons. The topological polar surface area (TPSA) is 138 Å². The summed E-state index contributed by atoms with van der Waals surface area (Å²) in [5.41, 5.74) is 8.90. The fraction of sp³-hybridized carbons (Fsp3) is 0.269. The first-order valence-corrected chi connectivity index (χ1v) is 13.3. The van der Waals surface area contributed by atoms with Gasteiger partial charge in [0.25, 0.3) is 15.6 Å². The molecule has 4 aromatic rings. The van der Waals surface area contributed by atoms with Gasteiger partial charge in [0.2, 0.25) is 11.8 Å². The van der Waals surface area contributed by atoms with E-state index in [1.165, 1.54) is 23.9 Å². The van der Waals surface area contributed by atoms with E-state index in [1.54, 1.807) is 30.3 Å². The Hall–Kier alpha value is -3.96. The molecule has 192 valence electrons. The lowest BCUT2D eigenvalue weighted by atomic mass is 10.0. The first-order chi connectivity index (χ1) is 17.8. The second-order valence-electron chi connectivity index (χ2n) is 8.92. The third-order valence-corrected chi connectivity index (χ3v) is 7.80. The molecular formula is C26H27N5O5S. The molecule has 0 aliphatic carbocycles. The number of sulfonamides is 1. The van der Waals surface area contributed by atoms with Crippen LogP contribution in [0.2, 0.25) is 0 Å². The average Bonchev–Trinajstić information content (AvgIpc) is 2.90. The summed E-state index contributed by atoms with van der Waals surface area (Å²) in [6, 6.07) is 13.5. The Bertz CT molecular complexity index is 1630. The van der Waals surface area contributed by atoms with Gasteiger partial charge < -0.3 is 15.2 Å². The SMILES string of the molecule is COc1ncc(-c2ccc3nc(N)n(C4CCOCC4)c(=O)c3c2)cc1S(=O)(=O)Nc1ccc(C)cc1. The van der Waals surface area contributed by atoms with E-state index in [2.05, 4.69) is 14.7 Å². The smallest absolute Gasteiger partial charge is 0.267 e. The van der Waals surface area contributed by atoms with Crippen LogP contribution < -0.4 is 20.8 Å². The molecule has 0 spiro atoms. The predicted octanol–water partition coefficient (Wildman–Crippen LogP) is 3.51. The average molecular weight is 522 g/mol. The van der Waals surface area contributed by atoms with Gasteiger partial charge in [0.05, 0.1) is 18.0 Å². The molecule has 2 aromatic heterocycles. The standard InChI is InChI=1S/C26H27N5O5S/c1-16-3-6-19(7-4-16)30-37(33,34)23-14-18(15-28-24(23)35-2)17-5-8-22-21(13-17)25(32)31(26(27)29-22)20-9-11-36-12-10-20/h3-8,13-15,20,30H,9-12H2,1-2H3,(H2,27,29). The summed E-state index contributed by atoms with van der Waals surface area (Å²) in [6.45, 7) is 3.03. The molecule has 0 saturated carbocycles. The van der Waals surface area contributed by atoms with Crippen molar-refractivity contribution in [3.63, 3.8) is 0 Å². The highest BCUT2D eigenvalue weighted by Gasteiger charge is 2.24. The van der Waals surface area contributed by atoms with Gasteiger partial charge in [-0.2, -0.15) is 0 Å². The van der Waals surface area contributed by atoms with E-state index in [0.717, 1.165) is 5.56 Å². The molecular weight excluding hydrogens is 494 g/mol. The number of nitrogen functional groups attached to an aromatic ring is 1.